The second-order valence-corrected chi connectivity index (χ2v) is 3.87. The Morgan fingerprint density at radius 2 is 1.94 bits per heavy atom. The first-order chi connectivity index (χ1) is 7.54. The molecule has 0 aliphatic carbocycles. The fraction of sp³-hybridized carbons (Fsp3) is 0.909. The van der Waals surface area contributed by atoms with Crippen LogP contribution in [0.15, 0.2) is 0 Å². The van der Waals surface area contributed by atoms with Gasteiger partial charge in [0.15, 0.2) is 0 Å². The van der Waals surface area contributed by atoms with Crippen LogP contribution >= 0.6 is 0 Å². The third kappa shape index (κ3) is 6.76. The van der Waals surface area contributed by atoms with Crippen molar-refractivity contribution in [3.8, 4) is 0 Å². The van der Waals surface area contributed by atoms with Crippen molar-refractivity contribution >= 4 is 5.97 Å². The minimum atomic E-state index is -0.893. The molecule has 0 saturated carbocycles. The van der Waals surface area contributed by atoms with Gasteiger partial charge in [0.2, 0.25) is 0 Å². The van der Waals surface area contributed by atoms with Crippen LogP contribution in [0, 0.1) is 0 Å². The Balaban J connectivity index is 3.42. The van der Waals surface area contributed by atoms with Gasteiger partial charge in [0.25, 0.3) is 0 Å². The fourth-order valence-electron chi connectivity index (χ4n) is 0.910. The first-order valence-electron chi connectivity index (χ1n) is 5.57. The Hall–Kier alpha value is -0.650. The molecule has 5 nitrogen and oxygen atoms in total. The number of carbonyl (C=O) groups excluding carboxylic acids is 1. The van der Waals surface area contributed by atoms with Gasteiger partial charge < -0.3 is 19.9 Å². The second kappa shape index (κ2) is 8.50. The molecule has 0 rings (SSSR count). The van der Waals surface area contributed by atoms with Crippen LogP contribution in [0.1, 0.15) is 26.7 Å². The minimum absolute atomic E-state index is 0.249. The van der Waals surface area contributed by atoms with E-state index < -0.39 is 5.54 Å². The predicted octanol–water partition coefficient (Wildman–Crippen LogP) is 0.710. The Labute approximate surface area is 97.2 Å². The van der Waals surface area contributed by atoms with Crippen molar-refractivity contribution in [1.82, 2.24) is 0 Å². The highest BCUT2D eigenvalue weighted by Crippen LogP contribution is 2.06. The number of rotatable bonds is 9. The second-order valence-electron chi connectivity index (χ2n) is 3.87. The molecule has 0 aromatic carbocycles. The Kier molecular flexibility index (Phi) is 8.15. The lowest BCUT2D eigenvalue weighted by molar-refractivity contribution is -0.151. The highest BCUT2D eigenvalue weighted by Gasteiger charge is 2.27. The molecule has 5 heteroatoms. The van der Waals surface area contributed by atoms with E-state index in [1.165, 1.54) is 0 Å². The number of methoxy groups -OCH3 is 1. The summed E-state index contributed by atoms with van der Waals surface area (Å²) < 4.78 is 15.1. The molecular formula is C11H23NO4. The summed E-state index contributed by atoms with van der Waals surface area (Å²) >= 11 is 0. The van der Waals surface area contributed by atoms with Crippen LogP contribution in [-0.4, -0.2) is 45.0 Å². The molecule has 0 aliphatic heterocycles. The molecule has 96 valence electrons. The minimum Gasteiger partial charge on any atom is -0.462 e. The van der Waals surface area contributed by atoms with Crippen LogP contribution in [0.3, 0.4) is 0 Å². The summed E-state index contributed by atoms with van der Waals surface area (Å²) in [4.78, 5) is 11.4. The summed E-state index contributed by atoms with van der Waals surface area (Å²) in [6, 6.07) is 0. The van der Waals surface area contributed by atoms with E-state index in [1.54, 1.807) is 14.0 Å². The molecule has 0 aliphatic rings. The quantitative estimate of drug-likeness (QED) is 0.469. The summed E-state index contributed by atoms with van der Waals surface area (Å²) in [6.07, 6.45) is 1.40. The molecule has 0 heterocycles. The van der Waals surface area contributed by atoms with Crippen molar-refractivity contribution in [2.45, 2.75) is 32.2 Å². The molecule has 1 unspecified atom stereocenters. The lowest BCUT2D eigenvalue weighted by Gasteiger charge is -2.20. The van der Waals surface area contributed by atoms with Crippen LogP contribution in [0.5, 0.6) is 0 Å². The van der Waals surface area contributed by atoms with Gasteiger partial charge in [-0.2, -0.15) is 0 Å². The monoisotopic (exact) mass is 233 g/mol. The fourth-order valence-corrected chi connectivity index (χ4v) is 0.910. The average Bonchev–Trinajstić information content (AvgIpc) is 2.27. The third-order valence-corrected chi connectivity index (χ3v) is 2.30. The summed E-state index contributed by atoms with van der Waals surface area (Å²) in [7, 11) is 1.65. The summed E-state index contributed by atoms with van der Waals surface area (Å²) in [5.41, 5.74) is 4.82. The van der Waals surface area contributed by atoms with Gasteiger partial charge in [-0.15, -0.1) is 0 Å². The maximum Gasteiger partial charge on any atom is 0.325 e. The normalized spacial score (nSPS) is 14.5. The molecule has 0 fully saturated rings. The molecule has 0 aromatic heterocycles. The molecule has 0 spiro atoms. The average molecular weight is 233 g/mol. The van der Waals surface area contributed by atoms with E-state index in [-0.39, 0.29) is 12.6 Å². The van der Waals surface area contributed by atoms with Crippen molar-refractivity contribution in [3.63, 3.8) is 0 Å². The number of hydrogen-bond acceptors (Lipinski definition) is 5. The molecule has 0 radical (unpaired) electrons. The largest absolute Gasteiger partial charge is 0.462 e. The van der Waals surface area contributed by atoms with Crippen molar-refractivity contribution in [3.05, 3.63) is 0 Å². The maximum atomic E-state index is 11.4. The molecule has 2 N–H and O–H groups in total. The molecule has 0 bridgehead atoms. The summed E-state index contributed by atoms with van der Waals surface area (Å²) in [5, 5.41) is 0. The van der Waals surface area contributed by atoms with Gasteiger partial charge in [-0.1, -0.05) is 6.92 Å². The van der Waals surface area contributed by atoms with Gasteiger partial charge in [-0.3, -0.25) is 4.79 Å². The Bertz CT molecular complexity index is 194. The van der Waals surface area contributed by atoms with E-state index in [1.807, 2.05) is 6.92 Å². The van der Waals surface area contributed by atoms with Crippen molar-refractivity contribution < 1.29 is 19.0 Å². The number of hydrogen-bond donors (Lipinski definition) is 1. The lowest BCUT2D eigenvalue weighted by Crippen LogP contribution is -2.45. The summed E-state index contributed by atoms with van der Waals surface area (Å²) in [6.45, 7) is 5.45. The van der Waals surface area contributed by atoms with E-state index >= 15 is 0 Å². The van der Waals surface area contributed by atoms with Crippen LogP contribution in [-0.2, 0) is 19.0 Å². The van der Waals surface area contributed by atoms with Gasteiger partial charge in [-0.25, -0.2) is 0 Å². The number of ether oxygens (including phenoxy) is 3. The van der Waals surface area contributed by atoms with Gasteiger partial charge in [0.05, 0.1) is 6.61 Å². The SMILES string of the molecule is CCC(C)(N)C(=O)OCCOCCCOC. The molecule has 16 heavy (non-hydrogen) atoms. The van der Waals surface area contributed by atoms with Crippen molar-refractivity contribution in [2.24, 2.45) is 5.73 Å². The molecular weight excluding hydrogens is 210 g/mol. The van der Waals surface area contributed by atoms with Gasteiger partial charge in [0.1, 0.15) is 12.1 Å². The Morgan fingerprint density at radius 1 is 1.25 bits per heavy atom. The zero-order chi connectivity index (χ0) is 12.4. The number of esters is 1. The molecule has 0 amide bonds. The van der Waals surface area contributed by atoms with Gasteiger partial charge in [0, 0.05) is 20.3 Å². The number of carbonyl (C=O) groups is 1. The lowest BCUT2D eigenvalue weighted by atomic mass is 10.0. The van der Waals surface area contributed by atoms with Crippen molar-refractivity contribution in [2.75, 3.05) is 33.5 Å². The summed E-state index contributed by atoms with van der Waals surface area (Å²) in [5.74, 6) is -0.379. The first kappa shape index (κ1) is 15.3. The molecule has 0 aromatic rings. The molecule has 0 saturated heterocycles. The topological polar surface area (TPSA) is 70.8 Å². The zero-order valence-electron chi connectivity index (χ0n) is 10.5. The van der Waals surface area contributed by atoms with Gasteiger partial charge in [-0.05, 0) is 19.8 Å². The zero-order valence-corrected chi connectivity index (χ0v) is 10.5. The van der Waals surface area contributed by atoms with Crippen LogP contribution in [0.25, 0.3) is 0 Å². The number of nitrogens with two attached hydrogens (primary N) is 1. The van der Waals surface area contributed by atoms with Gasteiger partial charge >= 0.3 is 5.97 Å². The van der Waals surface area contributed by atoms with Crippen molar-refractivity contribution in [1.29, 1.82) is 0 Å². The van der Waals surface area contributed by atoms with E-state index in [9.17, 15) is 4.79 Å². The van der Waals surface area contributed by atoms with E-state index in [2.05, 4.69) is 0 Å². The Morgan fingerprint density at radius 3 is 2.50 bits per heavy atom. The van der Waals surface area contributed by atoms with E-state index in [4.69, 9.17) is 19.9 Å². The standard InChI is InChI=1S/C11H23NO4/c1-4-11(2,12)10(13)16-9-8-15-7-5-6-14-3/h4-9,12H2,1-3H3. The highest BCUT2D eigenvalue weighted by molar-refractivity contribution is 5.79. The van der Waals surface area contributed by atoms with Crippen LogP contribution in [0.4, 0.5) is 0 Å². The van der Waals surface area contributed by atoms with Crippen LogP contribution in [0.2, 0.25) is 0 Å². The molecule has 1 atom stereocenters. The predicted molar refractivity (Wildman–Crippen MR) is 61.2 cm³/mol. The third-order valence-electron chi connectivity index (χ3n) is 2.30. The smallest absolute Gasteiger partial charge is 0.325 e. The van der Waals surface area contributed by atoms with E-state index in [0.717, 1.165) is 6.42 Å². The maximum absolute atomic E-state index is 11.4. The van der Waals surface area contributed by atoms with Crippen LogP contribution < -0.4 is 5.73 Å². The highest BCUT2D eigenvalue weighted by atomic mass is 16.6. The first-order valence-corrected chi connectivity index (χ1v) is 5.57. The van der Waals surface area contributed by atoms with E-state index in [0.29, 0.717) is 26.2 Å².